The zero-order chi connectivity index (χ0) is 18.4. The van der Waals surface area contributed by atoms with Gasteiger partial charge >= 0.3 is 6.18 Å². The monoisotopic (exact) mass is 484 g/mol. The zero-order valence-electron chi connectivity index (χ0n) is 15.4. The minimum absolute atomic E-state index is 0. The largest absolute Gasteiger partial charge is 0.416 e. The summed E-state index contributed by atoms with van der Waals surface area (Å²) < 4.78 is 38.6. The van der Waals surface area contributed by atoms with E-state index in [2.05, 4.69) is 27.6 Å². The van der Waals surface area contributed by atoms with Crippen LogP contribution in [0.25, 0.3) is 0 Å². The number of likely N-dealkylation sites (tertiary alicyclic amines) is 1. The Kier molecular flexibility index (Phi) is 9.15. The topological polar surface area (TPSA) is 39.7 Å². The van der Waals surface area contributed by atoms with Crippen LogP contribution in [-0.2, 0) is 6.18 Å². The zero-order valence-corrected chi connectivity index (χ0v) is 17.8. The third-order valence-electron chi connectivity index (χ3n) is 4.57. The van der Waals surface area contributed by atoms with Crippen LogP contribution in [0.1, 0.15) is 36.9 Å². The molecular weight excluding hydrogens is 456 g/mol. The maximum atomic E-state index is 12.9. The van der Waals surface area contributed by atoms with Crippen LogP contribution in [0.3, 0.4) is 0 Å². The van der Waals surface area contributed by atoms with E-state index >= 15 is 0 Å². The lowest BCUT2D eigenvalue weighted by Gasteiger charge is -2.30. The molecule has 2 N–H and O–H groups in total. The Morgan fingerprint density at radius 1 is 1.38 bits per heavy atom. The maximum absolute atomic E-state index is 12.9. The molecule has 0 aliphatic carbocycles. The molecule has 2 unspecified atom stereocenters. The van der Waals surface area contributed by atoms with Gasteiger partial charge in [-0.05, 0) is 57.0 Å². The molecule has 2 rings (SSSR count). The van der Waals surface area contributed by atoms with E-state index in [1.165, 1.54) is 25.0 Å². The average molecular weight is 484 g/mol. The molecule has 1 saturated heterocycles. The minimum Gasteiger partial charge on any atom is -0.356 e. The standard InChI is InChI=1S/C18H27F3N4.HI/c1-13(15-7-4-8-16(10-15)18(19,20)21)24-17(22-2)23-11-14-6-5-9-25(3)12-14;/h4,7-8,10,13-14H,5-6,9,11-12H2,1-3H3,(H2,22,23,24);1H. The van der Waals surface area contributed by atoms with Crippen molar-refractivity contribution in [2.75, 3.05) is 33.7 Å². The van der Waals surface area contributed by atoms with Gasteiger partial charge in [0.15, 0.2) is 5.96 Å². The first kappa shape index (κ1) is 23.0. The second-order valence-corrected chi connectivity index (χ2v) is 6.71. The molecule has 1 aliphatic rings. The number of nitrogens with one attached hydrogen (secondary N) is 2. The Labute approximate surface area is 170 Å². The number of guanidine groups is 1. The molecule has 0 amide bonds. The van der Waals surface area contributed by atoms with Gasteiger partial charge < -0.3 is 15.5 Å². The fraction of sp³-hybridized carbons (Fsp3) is 0.611. The first-order valence-corrected chi connectivity index (χ1v) is 8.62. The number of rotatable bonds is 4. The third kappa shape index (κ3) is 6.94. The predicted octanol–water partition coefficient (Wildman–Crippen LogP) is 3.89. The van der Waals surface area contributed by atoms with Gasteiger partial charge in [-0.1, -0.05) is 12.1 Å². The number of aliphatic imine (C=N–C) groups is 1. The van der Waals surface area contributed by atoms with E-state index in [-0.39, 0.29) is 30.0 Å². The normalized spacial score (nSPS) is 20.2. The summed E-state index contributed by atoms with van der Waals surface area (Å²) in [5.41, 5.74) is -0.0537. The number of alkyl halides is 3. The Hall–Kier alpha value is -1.03. The van der Waals surface area contributed by atoms with Crippen LogP contribution in [0.4, 0.5) is 13.2 Å². The van der Waals surface area contributed by atoms with Gasteiger partial charge in [-0.3, -0.25) is 4.99 Å². The molecule has 0 aromatic heterocycles. The quantitative estimate of drug-likeness (QED) is 0.387. The van der Waals surface area contributed by atoms with Crippen molar-refractivity contribution in [1.82, 2.24) is 15.5 Å². The lowest BCUT2D eigenvalue weighted by Crippen LogP contribution is -2.44. The molecule has 4 nitrogen and oxygen atoms in total. The van der Waals surface area contributed by atoms with Crippen molar-refractivity contribution in [3.8, 4) is 0 Å². The number of nitrogens with zero attached hydrogens (tertiary/aromatic N) is 2. The van der Waals surface area contributed by atoms with Crippen molar-refractivity contribution >= 4 is 29.9 Å². The van der Waals surface area contributed by atoms with Gasteiger partial charge in [-0.2, -0.15) is 13.2 Å². The lowest BCUT2D eigenvalue weighted by atomic mass is 9.98. The highest BCUT2D eigenvalue weighted by atomic mass is 127. The second kappa shape index (κ2) is 10.3. The highest BCUT2D eigenvalue weighted by Crippen LogP contribution is 2.30. The van der Waals surface area contributed by atoms with E-state index in [4.69, 9.17) is 0 Å². The van der Waals surface area contributed by atoms with Gasteiger partial charge in [0.2, 0.25) is 0 Å². The highest BCUT2D eigenvalue weighted by molar-refractivity contribution is 14.0. The Morgan fingerprint density at radius 3 is 2.73 bits per heavy atom. The smallest absolute Gasteiger partial charge is 0.356 e. The molecule has 1 aliphatic heterocycles. The fourth-order valence-electron chi connectivity index (χ4n) is 3.15. The Morgan fingerprint density at radius 2 is 2.12 bits per heavy atom. The molecule has 8 heteroatoms. The average Bonchev–Trinajstić information content (AvgIpc) is 2.58. The van der Waals surface area contributed by atoms with Gasteiger partial charge in [0.25, 0.3) is 0 Å². The van der Waals surface area contributed by atoms with Gasteiger partial charge in [0, 0.05) is 20.1 Å². The van der Waals surface area contributed by atoms with Gasteiger partial charge in [-0.25, -0.2) is 0 Å². The van der Waals surface area contributed by atoms with Crippen molar-refractivity contribution in [3.05, 3.63) is 35.4 Å². The fourth-order valence-corrected chi connectivity index (χ4v) is 3.15. The van der Waals surface area contributed by atoms with Crippen molar-refractivity contribution in [2.45, 2.75) is 32.0 Å². The summed E-state index contributed by atoms with van der Waals surface area (Å²) in [6.07, 6.45) is -1.96. The molecule has 1 heterocycles. The molecule has 0 saturated carbocycles. The first-order valence-electron chi connectivity index (χ1n) is 8.62. The van der Waals surface area contributed by atoms with E-state index in [1.807, 2.05) is 6.92 Å². The molecule has 1 aromatic rings. The van der Waals surface area contributed by atoms with Gasteiger partial charge in [0.1, 0.15) is 0 Å². The SMILES string of the molecule is CN=C(NCC1CCCN(C)C1)NC(C)c1cccc(C(F)(F)F)c1.I. The number of hydrogen-bond donors (Lipinski definition) is 2. The first-order chi connectivity index (χ1) is 11.8. The molecule has 148 valence electrons. The summed E-state index contributed by atoms with van der Waals surface area (Å²) >= 11 is 0. The predicted molar refractivity (Wildman–Crippen MR) is 110 cm³/mol. The van der Waals surface area contributed by atoms with Gasteiger partial charge in [-0.15, -0.1) is 24.0 Å². The number of halogens is 4. The summed E-state index contributed by atoms with van der Waals surface area (Å²) in [4.78, 5) is 6.50. The van der Waals surface area contributed by atoms with Crippen LogP contribution in [0.15, 0.2) is 29.3 Å². The van der Waals surface area contributed by atoms with Crippen molar-refractivity contribution in [2.24, 2.45) is 10.9 Å². The van der Waals surface area contributed by atoms with Crippen LogP contribution in [0.5, 0.6) is 0 Å². The van der Waals surface area contributed by atoms with E-state index in [0.717, 1.165) is 25.7 Å². The molecule has 0 bridgehead atoms. The second-order valence-electron chi connectivity index (χ2n) is 6.71. The maximum Gasteiger partial charge on any atom is 0.416 e. The molecule has 26 heavy (non-hydrogen) atoms. The summed E-state index contributed by atoms with van der Waals surface area (Å²) in [5, 5.41) is 6.47. The van der Waals surface area contributed by atoms with Crippen LogP contribution < -0.4 is 10.6 Å². The number of benzene rings is 1. The van der Waals surface area contributed by atoms with Crippen LogP contribution in [0, 0.1) is 5.92 Å². The lowest BCUT2D eigenvalue weighted by molar-refractivity contribution is -0.137. The summed E-state index contributed by atoms with van der Waals surface area (Å²) in [6, 6.07) is 5.12. The molecule has 1 fully saturated rings. The molecule has 2 atom stereocenters. The molecule has 0 radical (unpaired) electrons. The molecule has 1 aromatic carbocycles. The molecule has 0 spiro atoms. The van der Waals surface area contributed by atoms with E-state index in [1.54, 1.807) is 13.1 Å². The number of hydrogen-bond acceptors (Lipinski definition) is 2. The minimum atomic E-state index is -4.33. The number of piperidine rings is 1. The van der Waals surface area contributed by atoms with Crippen LogP contribution in [0.2, 0.25) is 0 Å². The summed E-state index contributed by atoms with van der Waals surface area (Å²) in [7, 11) is 3.79. The van der Waals surface area contributed by atoms with E-state index < -0.39 is 11.7 Å². The Bertz CT molecular complexity index is 592. The van der Waals surface area contributed by atoms with Crippen molar-refractivity contribution in [3.63, 3.8) is 0 Å². The Balaban J connectivity index is 0.00000338. The van der Waals surface area contributed by atoms with Crippen molar-refractivity contribution < 1.29 is 13.2 Å². The summed E-state index contributed by atoms with van der Waals surface area (Å²) in [6.45, 7) is 4.82. The highest BCUT2D eigenvalue weighted by Gasteiger charge is 2.30. The molecular formula is C18H28F3IN4. The third-order valence-corrected chi connectivity index (χ3v) is 4.57. The van der Waals surface area contributed by atoms with Crippen LogP contribution >= 0.6 is 24.0 Å². The summed E-state index contributed by atoms with van der Waals surface area (Å²) in [5.74, 6) is 1.17. The van der Waals surface area contributed by atoms with E-state index in [0.29, 0.717) is 17.4 Å². The van der Waals surface area contributed by atoms with E-state index in [9.17, 15) is 13.2 Å². The van der Waals surface area contributed by atoms with Crippen LogP contribution in [-0.4, -0.2) is 44.6 Å². The van der Waals surface area contributed by atoms with Gasteiger partial charge in [0.05, 0.1) is 11.6 Å². The van der Waals surface area contributed by atoms with Crippen molar-refractivity contribution in [1.29, 1.82) is 0 Å².